The summed E-state index contributed by atoms with van der Waals surface area (Å²) >= 11 is 0. The van der Waals surface area contributed by atoms with E-state index in [0.29, 0.717) is 0 Å². The Kier molecular flexibility index (Phi) is 12.2. The third-order valence-corrected chi connectivity index (χ3v) is 8.86. The molecule has 0 aromatic heterocycles. The Labute approximate surface area is 310 Å². The molecular weight excluding hydrogens is 627 g/mol. The highest BCUT2D eigenvalue weighted by molar-refractivity contribution is 5.78. The van der Waals surface area contributed by atoms with Crippen LogP contribution in [0.4, 0.5) is 17.1 Å². The maximum Gasteiger partial charge on any atom is 0.0462 e. The third-order valence-electron chi connectivity index (χ3n) is 8.86. The molecule has 0 spiro atoms. The number of anilines is 3. The number of para-hydroxylation sites is 2. The molecule has 0 unspecified atom stereocenters. The molecule has 0 N–H and O–H groups in total. The molecule has 0 amide bonds. The van der Waals surface area contributed by atoms with Gasteiger partial charge in [-0.25, -0.2) is 0 Å². The zero-order valence-electron chi connectivity index (χ0n) is 30.2. The van der Waals surface area contributed by atoms with E-state index < -0.39 is 0 Å². The Hall–Kier alpha value is -6.44. The summed E-state index contributed by atoms with van der Waals surface area (Å²) in [7, 11) is 0. The second-order valence-corrected chi connectivity index (χ2v) is 12.9. The van der Waals surface area contributed by atoms with Crippen LogP contribution in [0.25, 0.3) is 33.4 Å². The van der Waals surface area contributed by atoms with Crippen molar-refractivity contribution in [2.75, 3.05) is 4.90 Å². The predicted octanol–water partition coefficient (Wildman–Crippen LogP) is 14.5. The monoisotopic (exact) mass is 671 g/mol. The van der Waals surface area contributed by atoms with E-state index in [9.17, 15) is 0 Å². The predicted molar refractivity (Wildman–Crippen MR) is 225 cm³/mol. The maximum atomic E-state index is 2.28. The van der Waals surface area contributed by atoms with E-state index in [1.54, 1.807) is 0 Å². The van der Waals surface area contributed by atoms with E-state index in [-0.39, 0.29) is 0 Å². The zero-order chi connectivity index (χ0) is 36.0. The van der Waals surface area contributed by atoms with E-state index >= 15 is 0 Å². The normalized spacial score (nSPS) is 10.2. The minimum Gasteiger partial charge on any atom is -0.311 e. The topological polar surface area (TPSA) is 3.24 Å². The van der Waals surface area contributed by atoms with Crippen molar-refractivity contribution in [3.8, 4) is 33.4 Å². The van der Waals surface area contributed by atoms with E-state index in [0.717, 1.165) is 17.1 Å². The van der Waals surface area contributed by atoms with E-state index in [2.05, 4.69) is 220 Å². The summed E-state index contributed by atoms with van der Waals surface area (Å²) in [6, 6.07) is 76.4. The second kappa shape index (κ2) is 18.0. The maximum absolute atomic E-state index is 2.28. The Balaban J connectivity index is 0.000000149. The average Bonchev–Trinajstić information content (AvgIpc) is 3.21. The first kappa shape index (κ1) is 35.4. The molecule has 8 aromatic rings. The second-order valence-electron chi connectivity index (χ2n) is 12.9. The van der Waals surface area contributed by atoms with Gasteiger partial charge in [-0.15, -0.1) is 0 Å². The highest BCUT2D eigenvalue weighted by Gasteiger charge is 2.11. The highest BCUT2D eigenvalue weighted by Crippen LogP contribution is 2.35. The highest BCUT2D eigenvalue weighted by atomic mass is 15.1. The molecule has 0 saturated carbocycles. The van der Waals surface area contributed by atoms with Crippen molar-refractivity contribution < 1.29 is 0 Å². The fourth-order valence-corrected chi connectivity index (χ4v) is 5.90. The fraction of sp³-hybridized carbons (Fsp3) is 0.0588. The first-order valence-corrected chi connectivity index (χ1v) is 17.8. The molecule has 8 rings (SSSR count). The van der Waals surface area contributed by atoms with Gasteiger partial charge in [0, 0.05) is 17.1 Å². The van der Waals surface area contributed by atoms with Crippen LogP contribution < -0.4 is 4.90 Å². The van der Waals surface area contributed by atoms with Crippen molar-refractivity contribution in [3.05, 3.63) is 235 Å². The largest absolute Gasteiger partial charge is 0.311 e. The van der Waals surface area contributed by atoms with Crippen LogP contribution in [0.15, 0.2) is 218 Å². The van der Waals surface area contributed by atoms with E-state index in [4.69, 9.17) is 0 Å². The van der Waals surface area contributed by atoms with Crippen LogP contribution in [0.2, 0.25) is 0 Å². The SMILES string of the molecule is Cc1ccc(-c2ccc(N(c3ccccc3)c3ccccc3)cc2)cc1.Cc1ccc(-c2ccccc2)cc1.Cc1ccc(-c2ccccc2)cc1. The van der Waals surface area contributed by atoms with Crippen molar-refractivity contribution in [1.82, 2.24) is 0 Å². The quantitative estimate of drug-likeness (QED) is 0.170. The van der Waals surface area contributed by atoms with Crippen molar-refractivity contribution in [2.24, 2.45) is 0 Å². The molecule has 0 aliphatic carbocycles. The van der Waals surface area contributed by atoms with Gasteiger partial charge in [0.15, 0.2) is 0 Å². The molecule has 52 heavy (non-hydrogen) atoms. The van der Waals surface area contributed by atoms with Gasteiger partial charge in [-0.05, 0) is 90.6 Å². The molecule has 8 aromatic carbocycles. The van der Waals surface area contributed by atoms with E-state index in [1.165, 1.54) is 50.1 Å². The summed E-state index contributed by atoms with van der Waals surface area (Å²) in [5, 5.41) is 0. The first-order chi connectivity index (χ1) is 25.5. The lowest BCUT2D eigenvalue weighted by atomic mass is 10.0. The van der Waals surface area contributed by atoms with Gasteiger partial charge in [-0.3, -0.25) is 0 Å². The number of hydrogen-bond donors (Lipinski definition) is 0. The van der Waals surface area contributed by atoms with Crippen molar-refractivity contribution in [1.29, 1.82) is 0 Å². The molecule has 0 aliphatic rings. The molecule has 1 heteroatoms. The van der Waals surface area contributed by atoms with Gasteiger partial charge in [0.25, 0.3) is 0 Å². The standard InChI is InChI=1S/C25H21N.2C13H12/c1-20-12-14-21(15-13-20)22-16-18-25(19-17-22)26(23-8-4-2-5-9-23)24-10-6-3-7-11-24;2*1-11-7-9-13(10-8-11)12-5-3-2-4-6-12/h2-19H,1H3;2*2-10H,1H3. The summed E-state index contributed by atoms with van der Waals surface area (Å²) < 4.78 is 0. The van der Waals surface area contributed by atoms with Gasteiger partial charge in [0.2, 0.25) is 0 Å². The van der Waals surface area contributed by atoms with Crippen LogP contribution >= 0.6 is 0 Å². The lowest BCUT2D eigenvalue weighted by molar-refractivity contribution is 1.28. The summed E-state index contributed by atoms with van der Waals surface area (Å²) in [4.78, 5) is 2.28. The van der Waals surface area contributed by atoms with E-state index in [1.807, 2.05) is 24.3 Å². The molecule has 0 aliphatic heterocycles. The Morgan fingerprint density at radius 3 is 0.712 bits per heavy atom. The van der Waals surface area contributed by atoms with Gasteiger partial charge >= 0.3 is 0 Å². The molecule has 1 nitrogen and oxygen atoms in total. The number of aryl methyl sites for hydroxylation is 3. The van der Waals surface area contributed by atoms with Crippen LogP contribution in [0.5, 0.6) is 0 Å². The van der Waals surface area contributed by atoms with Crippen molar-refractivity contribution in [3.63, 3.8) is 0 Å². The zero-order valence-corrected chi connectivity index (χ0v) is 30.2. The van der Waals surface area contributed by atoms with Crippen molar-refractivity contribution >= 4 is 17.1 Å². The fourth-order valence-electron chi connectivity index (χ4n) is 5.90. The van der Waals surface area contributed by atoms with Gasteiger partial charge in [0.1, 0.15) is 0 Å². The van der Waals surface area contributed by atoms with Crippen LogP contribution in [0.1, 0.15) is 16.7 Å². The number of benzene rings is 8. The third kappa shape index (κ3) is 9.84. The Bertz CT molecular complexity index is 2070. The van der Waals surface area contributed by atoms with Crippen molar-refractivity contribution in [2.45, 2.75) is 20.8 Å². The number of hydrogen-bond acceptors (Lipinski definition) is 1. The molecule has 0 saturated heterocycles. The molecule has 0 atom stereocenters. The molecule has 0 radical (unpaired) electrons. The summed E-state index contributed by atoms with van der Waals surface area (Å²) in [5.74, 6) is 0. The Morgan fingerprint density at radius 2 is 0.423 bits per heavy atom. The lowest BCUT2D eigenvalue weighted by Gasteiger charge is -2.25. The molecule has 254 valence electrons. The molecule has 0 heterocycles. The van der Waals surface area contributed by atoms with Crippen LogP contribution in [0.3, 0.4) is 0 Å². The average molecular weight is 672 g/mol. The smallest absolute Gasteiger partial charge is 0.0462 e. The first-order valence-electron chi connectivity index (χ1n) is 17.8. The number of rotatable bonds is 6. The van der Waals surface area contributed by atoms with Gasteiger partial charge in [-0.2, -0.15) is 0 Å². The van der Waals surface area contributed by atoms with Crippen LogP contribution in [-0.2, 0) is 0 Å². The van der Waals surface area contributed by atoms with Crippen LogP contribution in [-0.4, -0.2) is 0 Å². The summed E-state index contributed by atoms with van der Waals surface area (Å²) in [6.07, 6.45) is 0. The summed E-state index contributed by atoms with van der Waals surface area (Å²) in [6.45, 7) is 6.33. The van der Waals surface area contributed by atoms with Gasteiger partial charge < -0.3 is 4.90 Å². The lowest BCUT2D eigenvalue weighted by Crippen LogP contribution is -2.09. The van der Waals surface area contributed by atoms with Gasteiger partial charge in [0.05, 0.1) is 0 Å². The van der Waals surface area contributed by atoms with Crippen LogP contribution in [0, 0.1) is 20.8 Å². The minimum atomic E-state index is 1.15. The Morgan fingerprint density at radius 1 is 0.212 bits per heavy atom. The van der Waals surface area contributed by atoms with Gasteiger partial charge in [-0.1, -0.05) is 199 Å². The number of nitrogens with zero attached hydrogens (tertiary/aromatic N) is 1. The molecular formula is C51H45N. The minimum absolute atomic E-state index is 1.15. The molecule has 0 bridgehead atoms. The summed E-state index contributed by atoms with van der Waals surface area (Å²) in [5.41, 5.74) is 15.0. The molecule has 0 fully saturated rings.